The van der Waals surface area contributed by atoms with Crippen LogP contribution in [0.2, 0.25) is 0 Å². The first kappa shape index (κ1) is 25.7. The third-order valence-corrected chi connectivity index (χ3v) is 7.30. The molecule has 1 aromatic carbocycles. The number of halogens is 1. The van der Waals surface area contributed by atoms with Crippen LogP contribution in [0.5, 0.6) is 0 Å². The Kier molecular flexibility index (Phi) is 10.5. The number of hydrogen-bond acceptors (Lipinski definition) is 4. The van der Waals surface area contributed by atoms with Gasteiger partial charge in [-0.1, -0.05) is 49.6 Å². The maximum absolute atomic E-state index is 6.01. The minimum absolute atomic E-state index is 0. The van der Waals surface area contributed by atoms with Crippen LogP contribution in [-0.4, -0.2) is 80.9 Å². The minimum Gasteiger partial charge on any atom is -0.379 e. The van der Waals surface area contributed by atoms with Gasteiger partial charge in [0.2, 0.25) is 0 Å². The van der Waals surface area contributed by atoms with Gasteiger partial charge in [0.05, 0.1) is 26.4 Å². The Bertz CT molecular complexity index is 690. The monoisotopic (exact) mass is 556 g/mol. The molecule has 2 saturated heterocycles. The maximum atomic E-state index is 6.01. The summed E-state index contributed by atoms with van der Waals surface area (Å²) in [7, 11) is 1.92. The number of guanidine groups is 1. The highest BCUT2D eigenvalue weighted by Crippen LogP contribution is 2.34. The largest absolute Gasteiger partial charge is 0.379 e. The predicted molar refractivity (Wildman–Crippen MR) is 141 cm³/mol. The van der Waals surface area contributed by atoms with Crippen molar-refractivity contribution in [1.82, 2.24) is 15.1 Å². The van der Waals surface area contributed by atoms with Gasteiger partial charge in [0.1, 0.15) is 0 Å². The van der Waals surface area contributed by atoms with E-state index in [2.05, 4.69) is 44.4 Å². The van der Waals surface area contributed by atoms with E-state index >= 15 is 0 Å². The molecule has 0 aromatic heterocycles. The van der Waals surface area contributed by atoms with Crippen molar-refractivity contribution in [3.63, 3.8) is 0 Å². The number of ether oxygens (including phenoxy) is 2. The van der Waals surface area contributed by atoms with Gasteiger partial charge in [0.25, 0.3) is 0 Å². The fourth-order valence-electron chi connectivity index (χ4n) is 5.51. The van der Waals surface area contributed by atoms with Crippen molar-refractivity contribution in [3.05, 3.63) is 35.9 Å². The van der Waals surface area contributed by atoms with Gasteiger partial charge < -0.3 is 19.7 Å². The molecule has 2 aliphatic heterocycles. The molecule has 0 amide bonds. The predicted octanol–water partition coefficient (Wildman–Crippen LogP) is 3.75. The molecule has 1 saturated carbocycles. The smallest absolute Gasteiger partial charge is 0.193 e. The van der Waals surface area contributed by atoms with E-state index in [0.29, 0.717) is 12.5 Å². The fourth-order valence-corrected chi connectivity index (χ4v) is 5.51. The average Bonchev–Trinajstić information content (AvgIpc) is 3.30. The van der Waals surface area contributed by atoms with Crippen LogP contribution in [0.3, 0.4) is 0 Å². The van der Waals surface area contributed by atoms with Gasteiger partial charge in [-0.2, -0.15) is 0 Å². The number of likely N-dealkylation sites (tertiary alicyclic amines) is 1. The molecule has 0 bridgehead atoms. The van der Waals surface area contributed by atoms with Gasteiger partial charge in [-0.15, -0.1) is 24.0 Å². The molecule has 0 spiro atoms. The van der Waals surface area contributed by atoms with Crippen LogP contribution in [0.25, 0.3) is 0 Å². The molecule has 1 aliphatic carbocycles. The van der Waals surface area contributed by atoms with Crippen LogP contribution in [0, 0.1) is 5.92 Å². The van der Waals surface area contributed by atoms with Gasteiger partial charge >= 0.3 is 0 Å². The lowest BCUT2D eigenvalue weighted by molar-refractivity contribution is -0.0354. The molecule has 32 heavy (non-hydrogen) atoms. The summed E-state index contributed by atoms with van der Waals surface area (Å²) >= 11 is 0. The van der Waals surface area contributed by atoms with E-state index in [1.807, 2.05) is 13.1 Å². The highest BCUT2D eigenvalue weighted by molar-refractivity contribution is 14.0. The Balaban J connectivity index is 0.00000289. The van der Waals surface area contributed by atoms with Gasteiger partial charge in [-0.25, -0.2) is 0 Å². The molecule has 3 aliphatic rings. The highest BCUT2D eigenvalue weighted by atomic mass is 127. The van der Waals surface area contributed by atoms with Crippen LogP contribution >= 0.6 is 24.0 Å². The van der Waals surface area contributed by atoms with Crippen molar-refractivity contribution >= 4 is 29.9 Å². The lowest BCUT2D eigenvalue weighted by atomic mass is 9.80. The Morgan fingerprint density at radius 3 is 2.59 bits per heavy atom. The number of hydrogen-bond donors (Lipinski definition) is 1. The van der Waals surface area contributed by atoms with E-state index in [1.54, 1.807) is 0 Å². The summed E-state index contributed by atoms with van der Waals surface area (Å²) < 4.78 is 11.6. The first-order chi connectivity index (χ1) is 15.3. The Morgan fingerprint density at radius 2 is 1.88 bits per heavy atom. The van der Waals surface area contributed by atoms with Crippen LogP contribution in [-0.2, 0) is 16.1 Å². The zero-order valence-electron chi connectivity index (χ0n) is 19.6. The topological polar surface area (TPSA) is 49.3 Å². The summed E-state index contributed by atoms with van der Waals surface area (Å²) in [6, 6.07) is 10.4. The lowest BCUT2D eigenvalue weighted by Crippen LogP contribution is -2.60. The van der Waals surface area contributed by atoms with E-state index in [-0.39, 0.29) is 29.5 Å². The first-order valence-electron chi connectivity index (χ1n) is 12.2. The van der Waals surface area contributed by atoms with Crippen molar-refractivity contribution < 1.29 is 9.47 Å². The maximum Gasteiger partial charge on any atom is 0.193 e. The number of benzene rings is 1. The average molecular weight is 557 g/mol. The van der Waals surface area contributed by atoms with Crippen LogP contribution in [0.15, 0.2) is 35.3 Å². The van der Waals surface area contributed by atoms with E-state index < -0.39 is 0 Å². The number of morpholine rings is 1. The second-order valence-corrected chi connectivity index (χ2v) is 9.39. The molecule has 1 N–H and O–H groups in total. The van der Waals surface area contributed by atoms with E-state index in [1.165, 1.54) is 44.1 Å². The van der Waals surface area contributed by atoms with E-state index in [0.717, 1.165) is 58.5 Å². The highest BCUT2D eigenvalue weighted by Gasteiger charge is 2.39. The Labute approximate surface area is 211 Å². The Morgan fingerprint density at radius 1 is 1.12 bits per heavy atom. The molecule has 4 rings (SSSR count). The second-order valence-electron chi connectivity index (χ2n) is 9.39. The molecule has 2 heterocycles. The number of rotatable bonds is 7. The van der Waals surface area contributed by atoms with Gasteiger partial charge in [-0.3, -0.25) is 9.89 Å². The molecule has 1 unspecified atom stereocenters. The summed E-state index contributed by atoms with van der Waals surface area (Å²) in [5.74, 6) is 1.63. The summed E-state index contributed by atoms with van der Waals surface area (Å²) in [4.78, 5) is 9.76. The number of nitrogens with one attached hydrogen (secondary N) is 1. The molecule has 1 atom stereocenters. The first-order valence-corrected chi connectivity index (χ1v) is 12.2. The van der Waals surface area contributed by atoms with Gasteiger partial charge in [-0.05, 0) is 24.8 Å². The van der Waals surface area contributed by atoms with Crippen molar-refractivity contribution in [1.29, 1.82) is 0 Å². The summed E-state index contributed by atoms with van der Waals surface area (Å²) in [6.45, 7) is 8.45. The zero-order chi connectivity index (χ0) is 21.4. The van der Waals surface area contributed by atoms with Crippen molar-refractivity contribution in [2.45, 2.75) is 50.7 Å². The number of aliphatic imine (C=N–C) groups is 1. The normalized spacial score (nSPS) is 24.2. The molecule has 180 valence electrons. The molecule has 3 fully saturated rings. The van der Waals surface area contributed by atoms with Crippen LogP contribution in [0.4, 0.5) is 0 Å². The SMILES string of the molecule is CN=C(NCC1(N2CCOCC2)CCCCC1)N1CCC(COCc2ccccc2)C1.I. The molecule has 0 radical (unpaired) electrons. The van der Waals surface area contributed by atoms with E-state index in [9.17, 15) is 0 Å². The molecular weight excluding hydrogens is 515 g/mol. The Hall–Kier alpha value is -0.900. The minimum atomic E-state index is 0. The van der Waals surface area contributed by atoms with E-state index in [4.69, 9.17) is 9.47 Å². The lowest BCUT2D eigenvalue weighted by Gasteiger charge is -2.48. The van der Waals surface area contributed by atoms with Crippen molar-refractivity contribution in [3.8, 4) is 0 Å². The molecule has 6 nitrogen and oxygen atoms in total. The quantitative estimate of drug-likeness (QED) is 0.315. The summed E-state index contributed by atoms with van der Waals surface area (Å²) in [5, 5.41) is 3.77. The van der Waals surface area contributed by atoms with Crippen molar-refractivity contribution in [2.24, 2.45) is 10.9 Å². The van der Waals surface area contributed by atoms with Crippen LogP contribution < -0.4 is 5.32 Å². The number of nitrogens with zero attached hydrogens (tertiary/aromatic N) is 3. The van der Waals surface area contributed by atoms with Gasteiger partial charge in [0.15, 0.2) is 5.96 Å². The molecular formula is C25H41IN4O2. The second kappa shape index (κ2) is 13.1. The molecule has 1 aromatic rings. The summed E-state index contributed by atoms with van der Waals surface area (Å²) in [5.41, 5.74) is 1.51. The third-order valence-electron chi connectivity index (χ3n) is 7.30. The third kappa shape index (κ3) is 6.81. The summed E-state index contributed by atoms with van der Waals surface area (Å²) in [6.07, 6.45) is 7.78. The standard InChI is InChI=1S/C25H40N4O2.HI/c1-26-24(27-21-25(11-6-3-7-12-25)29-14-16-30-17-15-29)28-13-10-23(18-28)20-31-19-22-8-4-2-5-9-22;/h2,4-5,8-9,23H,3,6-7,10-21H2,1H3,(H,26,27);1H. The zero-order valence-corrected chi connectivity index (χ0v) is 22.0. The fraction of sp³-hybridized carbons (Fsp3) is 0.720. The molecule has 7 heteroatoms. The van der Waals surface area contributed by atoms with Crippen molar-refractivity contribution in [2.75, 3.05) is 59.6 Å². The van der Waals surface area contributed by atoms with Gasteiger partial charge in [0, 0.05) is 51.2 Å². The van der Waals surface area contributed by atoms with Crippen LogP contribution in [0.1, 0.15) is 44.1 Å².